The zero-order valence-corrected chi connectivity index (χ0v) is 18.1. The van der Waals surface area contributed by atoms with Crippen LogP contribution in [0.1, 0.15) is 0 Å². The molecule has 0 aliphatic heterocycles. The largest absolute Gasteiger partial charge is 0.323 e. The number of anilines is 2. The third-order valence-corrected chi connectivity index (χ3v) is 6.50. The van der Waals surface area contributed by atoms with E-state index in [0.29, 0.717) is 5.02 Å². The van der Waals surface area contributed by atoms with Crippen LogP contribution in [0.4, 0.5) is 17.1 Å². The number of nitrogens with one attached hydrogen (secondary N) is 1. The SMILES string of the molecule is O=C(CN(c1cccc([N+](=O)[O-])c1)S(=O)(=O)c1ccccc1)Nc1cc(Cl)ccc1Cl. The van der Waals surface area contributed by atoms with Crippen molar-refractivity contribution in [3.05, 3.63) is 93.0 Å². The highest BCUT2D eigenvalue weighted by molar-refractivity contribution is 7.92. The first kappa shape index (κ1) is 22.5. The van der Waals surface area contributed by atoms with Crippen LogP contribution in [0.3, 0.4) is 0 Å². The molecular weight excluding hydrogens is 465 g/mol. The molecule has 0 fully saturated rings. The molecule has 3 aromatic rings. The normalized spacial score (nSPS) is 11.0. The number of carbonyl (C=O) groups excluding carboxylic acids is 1. The minimum absolute atomic E-state index is 0.0367. The molecule has 0 aromatic heterocycles. The van der Waals surface area contributed by atoms with E-state index >= 15 is 0 Å². The molecule has 0 spiro atoms. The fourth-order valence-corrected chi connectivity index (χ4v) is 4.48. The number of hydrogen-bond acceptors (Lipinski definition) is 5. The van der Waals surface area contributed by atoms with Gasteiger partial charge >= 0.3 is 0 Å². The summed E-state index contributed by atoms with van der Waals surface area (Å²) in [6, 6.07) is 16.9. The van der Waals surface area contributed by atoms with Gasteiger partial charge in [-0.05, 0) is 36.4 Å². The Kier molecular flexibility index (Phi) is 6.79. The lowest BCUT2D eigenvalue weighted by molar-refractivity contribution is -0.384. The molecule has 0 bridgehead atoms. The molecule has 0 atom stereocenters. The summed E-state index contributed by atoms with van der Waals surface area (Å²) < 4.78 is 27.3. The summed E-state index contributed by atoms with van der Waals surface area (Å²) in [6.45, 7) is -0.652. The van der Waals surface area contributed by atoms with Crippen LogP contribution in [0, 0.1) is 10.1 Å². The van der Waals surface area contributed by atoms with E-state index < -0.39 is 27.4 Å². The van der Waals surface area contributed by atoms with Crippen LogP contribution in [0.5, 0.6) is 0 Å². The number of rotatable bonds is 7. The Morgan fingerprint density at radius 1 is 1.00 bits per heavy atom. The first-order chi connectivity index (χ1) is 14.7. The summed E-state index contributed by atoms with van der Waals surface area (Å²) in [5.41, 5.74) is -0.148. The van der Waals surface area contributed by atoms with E-state index in [1.165, 1.54) is 60.7 Å². The summed E-state index contributed by atoms with van der Waals surface area (Å²) in [7, 11) is -4.21. The Balaban J connectivity index is 2.00. The summed E-state index contributed by atoms with van der Waals surface area (Å²) in [4.78, 5) is 23.1. The molecular formula is C20H15Cl2N3O5S. The van der Waals surface area contributed by atoms with Crippen LogP contribution in [-0.2, 0) is 14.8 Å². The van der Waals surface area contributed by atoms with Gasteiger partial charge in [-0.2, -0.15) is 0 Å². The molecule has 0 unspecified atom stereocenters. The van der Waals surface area contributed by atoms with Crippen molar-refractivity contribution in [1.29, 1.82) is 0 Å². The number of nitro benzene ring substituents is 1. The van der Waals surface area contributed by atoms with Gasteiger partial charge in [0.25, 0.3) is 15.7 Å². The van der Waals surface area contributed by atoms with Gasteiger partial charge in [-0.1, -0.05) is 47.5 Å². The van der Waals surface area contributed by atoms with E-state index in [2.05, 4.69) is 5.32 Å². The highest BCUT2D eigenvalue weighted by atomic mass is 35.5. The topological polar surface area (TPSA) is 110 Å². The second kappa shape index (κ2) is 9.34. The molecule has 1 amide bonds. The predicted octanol–water partition coefficient (Wildman–Crippen LogP) is 4.74. The maximum atomic E-state index is 13.3. The van der Waals surface area contributed by atoms with Crippen molar-refractivity contribution in [3.8, 4) is 0 Å². The van der Waals surface area contributed by atoms with E-state index in [0.717, 1.165) is 10.4 Å². The second-order valence-electron chi connectivity index (χ2n) is 6.27. The molecule has 1 N–H and O–H groups in total. The first-order valence-electron chi connectivity index (χ1n) is 8.75. The quantitative estimate of drug-likeness (QED) is 0.388. The number of hydrogen-bond donors (Lipinski definition) is 1. The standard InChI is InChI=1S/C20H15Cl2N3O5S/c21-14-9-10-18(22)19(11-14)23-20(26)13-24(15-5-4-6-16(12-15)25(27)28)31(29,30)17-7-2-1-3-8-17/h1-12H,13H2,(H,23,26). The molecule has 0 aliphatic rings. The van der Waals surface area contributed by atoms with Crippen LogP contribution >= 0.6 is 23.2 Å². The van der Waals surface area contributed by atoms with E-state index in [4.69, 9.17) is 23.2 Å². The Hall–Kier alpha value is -3.14. The zero-order valence-electron chi connectivity index (χ0n) is 15.7. The van der Waals surface area contributed by atoms with Crippen molar-refractivity contribution in [3.63, 3.8) is 0 Å². The lowest BCUT2D eigenvalue weighted by Gasteiger charge is -2.24. The molecule has 31 heavy (non-hydrogen) atoms. The maximum absolute atomic E-state index is 13.3. The molecule has 0 saturated carbocycles. The molecule has 3 aromatic carbocycles. The van der Waals surface area contributed by atoms with Crippen molar-refractivity contribution < 1.29 is 18.1 Å². The maximum Gasteiger partial charge on any atom is 0.271 e. The number of amides is 1. The zero-order chi connectivity index (χ0) is 22.6. The van der Waals surface area contributed by atoms with Crippen LogP contribution in [0.2, 0.25) is 10.0 Å². The Morgan fingerprint density at radius 2 is 1.71 bits per heavy atom. The Morgan fingerprint density at radius 3 is 2.39 bits per heavy atom. The van der Waals surface area contributed by atoms with E-state index in [1.807, 2.05) is 0 Å². The third-order valence-electron chi connectivity index (χ3n) is 4.15. The number of carbonyl (C=O) groups is 1. The number of nitrogens with zero attached hydrogens (tertiary/aromatic N) is 2. The number of halogens is 2. The summed E-state index contributed by atoms with van der Waals surface area (Å²) in [5, 5.41) is 14.2. The number of sulfonamides is 1. The molecule has 160 valence electrons. The van der Waals surface area contributed by atoms with Crippen LogP contribution < -0.4 is 9.62 Å². The smallest absolute Gasteiger partial charge is 0.271 e. The van der Waals surface area contributed by atoms with E-state index in [1.54, 1.807) is 6.07 Å². The van der Waals surface area contributed by atoms with Gasteiger partial charge in [0.05, 0.1) is 26.2 Å². The number of benzene rings is 3. The van der Waals surface area contributed by atoms with Gasteiger partial charge in [-0.3, -0.25) is 19.2 Å². The fourth-order valence-electron chi connectivity index (χ4n) is 2.71. The van der Waals surface area contributed by atoms with Crippen molar-refractivity contribution >= 4 is 56.2 Å². The van der Waals surface area contributed by atoms with Gasteiger partial charge in [-0.25, -0.2) is 8.42 Å². The second-order valence-corrected chi connectivity index (χ2v) is 8.98. The highest BCUT2D eigenvalue weighted by Gasteiger charge is 2.28. The molecule has 0 saturated heterocycles. The minimum Gasteiger partial charge on any atom is -0.323 e. The monoisotopic (exact) mass is 479 g/mol. The molecule has 0 aliphatic carbocycles. The van der Waals surface area contributed by atoms with Crippen LogP contribution in [0.25, 0.3) is 0 Å². The average Bonchev–Trinajstić information content (AvgIpc) is 2.75. The minimum atomic E-state index is -4.21. The van der Waals surface area contributed by atoms with Gasteiger partial charge in [0.2, 0.25) is 5.91 Å². The van der Waals surface area contributed by atoms with Crippen molar-refractivity contribution in [2.24, 2.45) is 0 Å². The van der Waals surface area contributed by atoms with Crippen LogP contribution in [0.15, 0.2) is 77.7 Å². The van der Waals surface area contributed by atoms with Crippen molar-refractivity contribution in [2.45, 2.75) is 4.90 Å². The lowest BCUT2D eigenvalue weighted by Crippen LogP contribution is -2.38. The van der Waals surface area contributed by atoms with Crippen molar-refractivity contribution in [2.75, 3.05) is 16.2 Å². The number of nitro groups is 1. The molecule has 0 radical (unpaired) electrons. The highest BCUT2D eigenvalue weighted by Crippen LogP contribution is 2.28. The van der Waals surface area contributed by atoms with E-state index in [-0.39, 0.29) is 27.0 Å². The van der Waals surface area contributed by atoms with Crippen molar-refractivity contribution in [1.82, 2.24) is 0 Å². The predicted molar refractivity (Wildman–Crippen MR) is 119 cm³/mol. The van der Waals surface area contributed by atoms with Crippen LogP contribution in [-0.4, -0.2) is 25.8 Å². The molecule has 11 heteroatoms. The third kappa shape index (κ3) is 5.32. The molecule has 8 nitrogen and oxygen atoms in total. The van der Waals surface area contributed by atoms with Gasteiger partial charge in [0, 0.05) is 17.2 Å². The number of non-ortho nitro benzene ring substituents is 1. The molecule has 0 heterocycles. The van der Waals surface area contributed by atoms with Gasteiger partial charge in [0.1, 0.15) is 6.54 Å². The van der Waals surface area contributed by atoms with Gasteiger partial charge in [-0.15, -0.1) is 0 Å². The summed E-state index contributed by atoms with van der Waals surface area (Å²) >= 11 is 12.0. The van der Waals surface area contributed by atoms with E-state index in [9.17, 15) is 23.3 Å². The Labute approximate surface area is 188 Å². The van der Waals surface area contributed by atoms with Gasteiger partial charge < -0.3 is 5.32 Å². The summed E-state index contributed by atoms with van der Waals surface area (Å²) in [6.07, 6.45) is 0. The van der Waals surface area contributed by atoms with Gasteiger partial charge in [0.15, 0.2) is 0 Å². The first-order valence-corrected chi connectivity index (χ1v) is 11.0. The molecule has 3 rings (SSSR count). The Bertz CT molecular complexity index is 1240. The lowest BCUT2D eigenvalue weighted by atomic mass is 10.3. The summed E-state index contributed by atoms with van der Waals surface area (Å²) in [5.74, 6) is -0.713. The fraction of sp³-hybridized carbons (Fsp3) is 0.0500. The average molecular weight is 480 g/mol.